The molecule has 4 heterocycles. The number of nitrogens with one attached hydrogen (secondary N) is 1. The van der Waals surface area contributed by atoms with Crippen molar-refractivity contribution in [2.75, 3.05) is 11.3 Å². The van der Waals surface area contributed by atoms with Gasteiger partial charge in [0.1, 0.15) is 0 Å². The molecule has 0 saturated heterocycles. The molecule has 2 aromatic carbocycles. The number of anilines is 1. The summed E-state index contributed by atoms with van der Waals surface area (Å²) in [5.41, 5.74) is 5.16. The van der Waals surface area contributed by atoms with E-state index in [1.165, 1.54) is 12.1 Å². The summed E-state index contributed by atoms with van der Waals surface area (Å²) in [6.07, 6.45) is 1.08. The minimum atomic E-state index is -4.09. The van der Waals surface area contributed by atoms with Gasteiger partial charge in [-0.05, 0) is 54.8 Å². The molecule has 2 aliphatic rings. The van der Waals surface area contributed by atoms with Gasteiger partial charge in [0.15, 0.2) is 6.10 Å². The molecule has 37 heavy (non-hydrogen) atoms. The van der Waals surface area contributed by atoms with E-state index in [1.807, 2.05) is 44.2 Å². The highest BCUT2D eigenvalue weighted by Crippen LogP contribution is 2.34. The first-order valence-corrected chi connectivity index (χ1v) is 13.2. The van der Waals surface area contributed by atoms with Crippen LogP contribution in [0.15, 0.2) is 71.8 Å². The lowest BCUT2D eigenvalue weighted by Gasteiger charge is -2.33. The molecule has 186 valence electrons. The molecule has 6 rings (SSSR count). The van der Waals surface area contributed by atoms with Crippen molar-refractivity contribution in [3.8, 4) is 17.1 Å². The first kappa shape index (κ1) is 23.1. The van der Waals surface area contributed by atoms with Crippen LogP contribution in [0, 0.1) is 13.8 Å². The molecule has 4 aromatic rings. The third-order valence-electron chi connectivity index (χ3n) is 6.59. The predicted molar refractivity (Wildman–Crippen MR) is 137 cm³/mol. The number of carbonyl (C=O) groups is 1. The standard InChI is InChI=1S/C27H23N5O4S/c1-16-6-3-7-17(2)24(16)21-13-23-30-27(29-21)31-37(34,35)20-10-4-8-18(12-20)26(33)32-14-19-9-5-11-28-25(19)22(15-32)36-23/h3-13,22H,14-15H2,1-2H3,(H,29,30,31)/t22-/m0/s1. The van der Waals surface area contributed by atoms with Crippen molar-refractivity contribution in [1.29, 1.82) is 0 Å². The molecule has 2 aliphatic heterocycles. The molecular formula is C27H23N5O4S. The summed E-state index contributed by atoms with van der Waals surface area (Å²) in [5, 5.41) is 0. The maximum absolute atomic E-state index is 13.5. The number of amides is 1. The van der Waals surface area contributed by atoms with Crippen LogP contribution in [-0.4, -0.2) is 40.7 Å². The third-order valence-corrected chi connectivity index (χ3v) is 7.91. The monoisotopic (exact) mass is 513 g/mol. The van der Waals surface area contributed by atoms with Crippen molar-refractivity contribution in [2.45, 2.75) is 31.4 Å². The summed E-state index contributed by atoms with van der Waals surface area (Å²) in [5.74, 6) is -0.249. The second-order valence-electron chi connectivity index (χ2n) is 9.16. The first-order valence-electron chi connectivity index (χ1n) is 11.8. The maximum atomic E-state index is 13.5. The summed E-state index contributed by atoms with van der Waals surface area (Å²) in [4.78, 5) is 28.5. The molecule has 6 bridgehead atoms. The SMILES string of the molecule is Cc1cccc(C)c1-c1cc2nc(n1)NS(=O)(=O)c1cccc(c1)C(=O)N1Cc3cccnc3[C@H](C1)O2. The lowest BCUT2D eigenvalue weighted by molar-refractivity contribution is 0.0580. The fourth-order valence-electron chi connectivity index (χ4n) is 4.86. The molecular weight excluding hydrogens is 490 g/mol. The van der Waals surface area contributed by atoms with E-state index in [0.717, 1.165) is 22.3 Å². The molecule has 0 unspecified atom stereocenters. The van der Waals surface area contributed by atoms with Gasteiger partial charge in [0.05, 0.1) is 22.8 Å². The zero-order valence-corrected chi connectivity index (χ0v) is 21.0. The third kappa shape index (κ3) is 4.19. The smallest absolute Gasteiger partial charge is 0.264 e. The van der Waals surface area contributed by atoms with Crippen LogP contribution in [-0.2, 0) is 16.6 Å². The maximum Gasteiger partial charge on any atom is 0.264 e. The van der Waals surface area contributed by atoms with Crippen LogP contribution in [0.25, 0.3) is 11.3 Å². The van der Waals surface area contributed by atoms with Crippen LogP contribution < -0.4 is 9.46 Å². The van der Waals surface area contributed by atoms with Crippen LogP contribution in [0.3, 0.4) is 0 Å². The average molecular weight is 514 g/mol. The topological polar surface area (TPSA) is 114 Å². The Morgan fingerprint density at radius 3 is 2.59 bits per heavy atom. The number of hydrogen-bond donors (Lipinski definition) is 1. The highest BCUT2D eigenvalue weighted by atomic mass is 32.2. The lowest BCUT2D eigenvalue weighted by atomic mass is 10.00. The Labute approximate surface area is 214 Å². The molecule has 0 fully saturated rings. The molecule has 0 saturated carbocycles. The molecule has 0 aliphatic carbocycles. The Balaban J connectivity index is 1.57. The number of ether oxygens (including phenoxy) is 1. The average Bonchev–Trinajstić information content (AvgIpc) is 2.87. The fraction of sp³-hybridized carbons (Fsp3) is 0.185. The van der Waals surface area contributed by atoms with Gasteiger partial charge in [-0.25, -0.2) is 18.1 Å². The number of aryl methyl sites for hydroxylation is 2. The zero-order valence-electron chi connectivity index (χ0n) is 20.2. The summed E-state index contributed by atoms with van der Waals surface area (Å²) >= 11 is 0. The lowest BCUT2D eigenvalue weighted by Crippen LogP contribution is -2.40. The van der Waals surface area contributed by atoms with Crippen molar-refractivity contribution < 1.29 is 17.9 Å². The van der Waals surface area contributed by atoms with E-state index >= 15 is 0 Å². The van der Waals surface area contributed by atoms with Crippen molar-refractivity contribution in [1.82, 2.24) is 19.9 Å². The van der Waals surface area contributed by atoms with Gasteiger partial charge in [0, 0.05) is 29.9 Å². The molecule has 9 nitrogen and oxygen atoms in total. The number of carbonyl (C=O) groups excluding carboxylic acids is 1. The Morgan fingerprint density at radius 1 is 1.00 bits per heavy atom. The van der Waals surface area contributed by atoms with E-state index < -0.39 is 16.1 Å². The van der Waals surface area contributed by atoms with E-state index in [-0.39, 0.29) is 34.7 Å². The predicted octanol–water partition coefficient (Wildman–Crippen LogP) is 4.05. The fourth-order valence-corrected chi connectivity index (χ4v) is 5.85. The van der Waals surface area contributed by atoms with Crippen molar-refractivity contribution in [3.05, 3.63) is 94.8 Å². The van der Waals surface area contributed by atoms with Gasteiger partial charge >= 0.3 is 0 Å². The van der Waals surface area contributed by atoms with Crippen LogP contribution in [0.4, 0.5) is 5.95 Å². The van der Waals surface area contributed by atoms with Crippen LogP contribution in [0.5, 0.6) is 5.88 Å². The molecule has 1 atom stereocenters. The number of hydrogen-bond acceptors (Lipinski definition) is 7. The van der Waals surface area contributed by atoms with E-state index in [4.69, 9.17) is 4.74 Å². The number of nitrogens with zero attached hydrogens (tertiary/aromatic N) is 4. The van der Waals surface area contributed by atoms with Gasteiger partial charge in [-0.3, -0.25) is 9.78 Å². The summed E-state index contributed by atoms with van der Waals surface area (Å²) in [7, 11) is -4.09. The van der Waals surface area contributed by atoms with Gasteiger partial charge < -0.3 is 9.64 Å². The van der Waals surface area contributed by atoms with E-state index in [9.17, 15) is 13.2 Å². The Kier molecular flexibility index (Phi) is 5.41. The molecule has 0 radical (unpaired) electrons. The summed E-state index contributed by atoms with van der Waals surface area (Å²) in [6.45, 7) is 4.49. The van der Waals surface area contributed by atoms with Crippen LogP contribution >= 0.6 is 0 Å². The summed E-state index contributed by atoms with van der Waals surface area (Å²) < 4.78 is 35.4. The van der Waals surface area contributed by atoms with Gasteiger partial charge in [-0.15, -0.1) is 0 Å². The zero-order chi connectivity index (χ0) is 25.7. The van der Waals surface area contributed by atoms with Crippen molar-refractivity contribution in [3.63, 3.8) is 0 Å². The second-order valence-corrected chi connectivity index (χ2v) is 10.8. The van der Waals surface area contributed by atoms with Gasteiger partial charge in [-0.2, -0.15) is 4.98 Å². The summed E-state index contributed by atoms with van der Waals surface area (Å²) in [6, 6.07) is 17.3. The minimum Gasteiger partial charge on any atom is -0.466 e. The molecule has 10 heteroatoms. The van der Waals surface area contributed by atoms with Crippen LogP contribution in [0.1, 0.15) is 38.8 Å². The van der Waals surface area contributed by atoms with E-state index in [1.54, 1.807) is 29.3 Å². The van der Waals surface area contributed by atoms with Crippen molar-refractivity contribution >= 4 is 21.9 Å². The van der Waals surface area contributed by atoms with Gasteiger partial charge in [0.25, 0.3) is 15.9 Å². The number of pyridine rings is 1. The number of benzene rings is 2. The number of aromatic nitrogens is 3. The number of fused-ring (bicyclic) bond motifs is 8. The van der Waals surface area contributed by atoms with E-state index in [0.29, 0.717) is 17.9 Å². The largest absolute Gasteiger partial charge is 0.466 e. The first-order chi connectivity index (χ1) is 17.8. The van der Waals surface area contributed by atoms with Crippen molar-refractivity contribution in [2.24, 2.45) is 0 Å². The van der Waals surface area contributed by atoms with Crippen LogP contribution in [0.2, 0.25) is 0 Å². The molecule has 2 aromatic heterocycles. The Hall–Kier alpha value is -4.31. The van der Waals surface area contributed by atoms with Gasteiger partial charge in [-0.1, -0.05) is 30.3 Å². The Morgan fingerprint density at radius 2 is 1.78 bits per heavy atom. The molecule has 0 spiro atoms. The second kappa shape index (κ2) is 8.67. The Bertz CT molecular complexity index is 1650. The minimum absolute atomic E-state index is 0.0585. The highest BCUT2D eigenvalue weighted by Gasteiger charge is 2.33. The quantitative estimate of drug-likeness (QED) is 0.408. The number of rotatable bonds is 1. The van der Waals surface area contributed by atoms with E-state index in [2.05, 4.69) is 19.7 Å². The van der Waals surface area contributed by atoms with Gasteiger partial charge in [0.2, 0.25) is 11.8 Å². The number of sulfonamides is 1. The highest BCUT2D eigenvalue weighted by molar-refractivity contribution is 7.92. The molecule has 1 N–H and O–H groups in total. The normalized spacial score (nSPS) is 17.8. The molecule has 1 amide bonds.